The Labute approximate surface area is 163 Å². The number of rotatable bonds is 6. The number of methoxy groups -OCH3 is 1. The van der Waals surface area contributed by atoms with Crippen LogP contribution in [0.2, 0.25) is 0 Å². The SMILES string of the molecule is COC(=O)c1cc(NC(=O)c2ccccc2)c(=O)oc1C=CNc1nccs1. The van der Waals surface area contributed by atoms with Gasteiger partial charge >= 0.3 is 11.6 Å². The molecule has 28 heavy (non-hydrogen) atoms. The molecule has 0 radical (unpaired) electrons. The molecule has 0 bridgehead atoms. The van der Waals surface area contributed by atoms with Gasteiger partial charge in [-0.25, -0.2) is 14.6 Å². The molecular formula is C19H15N3O5S. The van der Waals surface area contributed by atoms with Crippen molar-refractivity contribution in [2.24, 2.45) is 0 Å². The average Bonchev–Trinajstić information content (AvgIpc) is 3.23. The van der Waals surface area contributed by atoms with E-state index in [1.54, 1.807) is 41.9 Å². The molecular weight excluding hydrogens is 382 g/mol. The summed E-state index contributed by atoms with van der Waals surface area (Å²) in [5.74, 6) is -1.23. The van der Waals surface area contributed by atoms with E-state index in [9.17, 15) is 14.4 Å². The Morgan fingerprint density at radius 2 is 2.04 bits per heavy atom. The van der Waals surface area contributed by atoms with Crippen molar-refractivity contribution in [1.82, 2.24) is 4.98 Å². The van der Waals surface area contributed by atoms with Crippen molar-refractivity contribution in [3.05, 3.63) is 81.5 Å². The largest absolute Gasteiger partial charge is 0.465 e. The van der Waals surface area contributed by atoms with Gasteiger partial charge in [-0.3, -0.25) is 4.79 Å². The number of esters is 1. The van der Waals surface area contributed by atoms with Gasteiger partial charge in [0.15, 0.2) is 5.13 Å². The lowest BCUT2D eigenvalue weighted by Gasteiger charge is -2.08. The van der Waals surface area contributed by atoms with Crippen LogP contribution in [0.25, 0.3) is 6.08 Å². The Morgan fingerprint density at radius 3 is 2.71 bits per heavy atom. The number of nitrogens with zero attached hydrogens (tertiary/aromatic N) is 1. The molecule has 1 aromatic carbocycles. The maximum atomic E-state index is 12.3. The summed E-state index contributed by atoms with van der Waals surface area (Å²) in [5, 5.41) is 7.76. The second-order valence-electron chi connectivity index (χ2n) is 5.35. The van der Waals surface area contributed by atoms with Crippen molar-refractivity contribution >= 4 is 40.1 Å². The number of thiazole rings is 1. The van der Waals surface area contributed by atoms with Gasteiger partial charge in [-0.15, -0.1) is 11.3 Å². The Balaban J connectivity index is 1.88. The number of aromatic nitrogens is 1. The molecule has 0 fully saturated rings. The number of hydrogen-bond donors (Lipinski definition) is 2. The molecule has 3 aromatic rings. The Bertz CT molecular complexity index is 1060. The summed E-state index contributed by atoms with van der Waals surface area (Å²) in [4.78, 5) is 40.7. The number of ether oxygens (including phenoxy) is 1. The number of amides is 1. The molecule has 9 heteroatoms. The quantitative estimate of drug-likeness (QED) is 0.615. The van der Waals surface area contributed by atoms with E-state index < -0.39 is 17.5 Å². The van der Waals surface area contributed by atoms with E-state index in [0.717, 1.165) is 0 Å². The molecule has 8 nitrogen and oxygen atoms in total. The number of anilines is 2. The number of carbonyl (C=O) groups is 2. The third-order valence-corrected chi connectivity index (χ3v) is 4.24. The molecule has 142 valence electrons. The summed E-state index contributed by atoms with van der Waals surface area (Å²) in [7, 11) is 1.21. The Kier molecular flexibility index (Phi) is 5.97. The molecule has 2 N–H and O–H groups in total. The van der Waals surface area contributed by atoms with Gasteiger partial charge in [-0.05, 0) is 24.3 Å². The molecule has 0 saturated heterocycles. The molecule has 0 aliphatic carbocycles. The number of benzene rings is 1. The fraction of sp³-hybridized carbons (Fsp3) is 0.0526. The molecule has 2 heterocycles. The summed E-state index contributed by atoms with van der Waals surface area (Å²) in [6.07, 6.45) is 4.51. The molecule has 0 aliphatic rings. The summed E-state index contributed by atoms with van der Waals surface area (Å²) in [6.45, 7) is 0. The van der Waals surface area contributed by atoms with E-state index in [2.05, 4.69) is 15.6 Å². The van der Waals surface area contributed by atoms with Crippen molar-refractivity contribution in [2.75, 3.05) is 17.7 Å². The minimum absolute atomic E-state index is 0.0114. The van der Waals surface area contributed by atoms with Crippen LogP contribution in [0.5, 0.6) is 0 Å². The second-order valence-corrected chi connectivity index (χ2v) is 6.25. The number of hydrogen-bond acceptors (Lipinski definition) is 8. The molecule has 0 unspecified atom stereocenters. The van der Waals surface area contributed by atoms with Crippen molar-refractivity contribution < 1.29 is 18.7 Å². The van der Waals surface area contributed by atoms with Gasteiger partial charge in [-0.1, -0.05) is 18.2 Å². The van der Waals surface area contributed by atoms with Crippen LogP contribution in [0.3, 0.4) is 0 Å². The van der Waals surface area contributed by atoms with Crippen LogP contribution in [-0.2, 0) is 4.74 Å². The summed E-state index contributed by atoms with van der Waals surface area (Å²) >= 11 is 1.38. The summed E-state index contributed by atoms with van der Waals surface area (Å²) < 4.78 is 9.94. The Hall–Kier alpha value is -3.72. The number of carbonyl (C=O) groups excluding carboxylic acids is 2. The standard InChI is InChI=1S/C19H15N3O5S/c1-26-17(24)13-11-14(22-16(23)12-5-3-2-4-6-12)18(25)27-15(13)7-8-20-19-21-9-10-28-19/h2-11H,1H3,(H,20,21)(H,22,23). The third-order valence-electron chi connectivity index (χ3n) is 3.54. The van der Waals surface area contributed by atoms with Crippen LogP contribution in [-0.4, -0.2) is 24.0 Å². The van der Waals surface area contributed by atoms with Crippen molar-refractivity contribution in [3.63, 3.8) is 0 Å². The van der Waals surface area contributed by atoms with Gasteiger partial charge in [0, 0.05) is 23.3 Å². The molecule has 0 aliphatic heterocycles. The summed E-state index contributed by atoms with van der Waals surface area (Å²) in [6, 6.07) is 9.57. The highest BCUT2D eigenvalue weighted by atomic mass is 32.1. The smallest absolute Gasteiger partial charge is 0.360 e. The molecule has 0 atom stereocenters. The van der Waals surface area contributed by atoms with Crippen molar-refractivity contribution in [3.8, 4) is 0 Å². The maximum absolute atomic E-state index is 12.3. The van der Waals surface area contributed by atoms with E-state index in [1.807, 2.05) is 0 Å². The van der Waals surface area contributed by atoms with E-state index in [-0.39, 0.29) is 17.0 Å². The van der Waals surface area contributed by atoms with E-state index in [1.165, 1.54) is 36.8 Å². The first-order valence-electron chi connectivity index (χ1n) is 8.04. The highest BCUT2D eigenvalue weighted by Crippen LogP contribution is 2.17. The predicted octanol–water partition coefficient (Wildman–Crippen LogP) is 3.22. The van der Waals surface area contributed by atoms with Gasteiger partial charge in [0.05, 0.1) is 7.11 Å². The topological polar surface area (TPSA) is 111 Å². The van der Waals surface area contributed by atoms with E-state index in [4.69, 9.17) is 9.15 Å². The maximum Gasteiger partial charge on any atom is 0.360 e. The molecule has 3 rings (SSSR count). The van der Waals surface area contributed by atoms with Gasteiger partial charge in [-0.2, -0.15) is 0 Å². The van der Waals surface area contributed by atoms with Gasteiger partial charge in [0.2, 0.25) is 0 Å². The van der Waals surface area contributed by atoms with Crippen molar-refractivity contribution in [2.45, 2.75) is 0 Å². The van der Waals surface area contributed by atoms with Crippen LogP contribution < -0.4 is 16.3 Å². The fourth-order valence-electron chi connectivity index (χ4n) is 2.23. The predicted molar refractivity (Wildman–Crippen MR) is 105 cm³/mol. The first-order chi connectivity index (χ1) is 13.6. The Morgan fingerprint density at radius 1 is 1.25 bits per heavy atom. The van der Waals surface area contributed by atoms with E-state index >= 15 is 0 Å². The second kappa shape index (κ2) is 8.78. The first-order valence-corrected chi connectivity index (χ1v) is 8.92. The zero-order valence-electron chi connectivity index (χ0n) is 14.7. The lowest BCUT2D eigenvalue weighted by atomic mass is 10.2. The minimum atomic E-state index is -0.800. The average molecular weight is 397 g/mol. The lowest BCUT2D eigenvalue weighted by molar-refractivity contribution is 0.0597. The molecule has 1 amide bonds. The van der Waals surface area contributed by atoms with Gasteiger partial charge in [0.25, 0.3) is 5.91 Å². The highest BCUT2D eigenvalue weighted by Gasteiger charge is 2.18. The summed E-state index contributed by atoms with van der Waals surface area (Å²) in [5.41, 5.74) is -0.620. The lowest BCUT2D eigenvalue weighted by Crippen LogP contribution is -2.19. The van der Waals surface area contributed by atoms with Crippen LogP contribution in [0, 0.1) is 0 Å². The van der Waals surface area contributed by atoms with Gasteiger partial charge < -0.3 is 19.8 Å². The molecule has 0 saturated carbocycles. The molecule has 0 spiro atoms. The van der Waals surface area contributed by atoms with E-state index in [0.29, 0.717) is 10.7 Å². The minimum Gasteiger partial charge on any atom is -0.465 e. The number of nitrogens with one attached hydrogen (secondary N) is 2. The van der Waals surface area contributed by atoms with Crippen LogP contribution in [0.1, 0.15) is 26.5 Å². The highest BCUT2D eigenvalue weighted by molar-refractivity contribution is 7.13. The molecule has 2 aromatic heterocycles. The van der Waals surface area contributed by atoms with Crippen LogP contribution >= 0.6 is 11.3 Å². The normalized spacial score (nSPS) is 10.6. The zero-order valence-corrected chi connectivity index (χ0v) is 15.5. The fourth-order valence-corrected chi connectivity index (χ4v) is 2.74. The third kappa shape index (κ3) is 4.51. The van der Waals surface area contributed by atoms with Crippen molar-refractivity contribution in [1.29, 1.82) is 0 Å². The van der Waals surface area contributed by atoms with Crippen LogP contribution in [0.15, 0.2) is 63.4 Å². The first kappa shape index (κ1) is 19.1. The van der Waals surface area contributed by atoms with Gasteiger partial charge in [0.1, 0.15) is 17.0 Å². The monoisotopic (exact) mass is 397 g/mol. The van der Waals surface area contributed by atoms with Crippen LogP contribution in [0.4, 0.5) is 10.8 Å². The zero-order chi connectivity index (χ0) is 19.9.